The third kappa shape index (κ3) is 2.10. The summed E-state index contributed by atoms with van der Waals surface area (Å²) in [6.45, 7) is 0. The number of hydrogen-bond acceptors (Lipinski definition) is 2. The Morgan fingerprint density at radius 1 is 0.706 bits per heavy atom. The fourth-order valence-corrected chi connectivity index (χ4v) is 7.25. The quantitative estimate of drug-likeness (QED) is 0.184. The predicted octanol–water partition coefficient (Wildman–Crippen LogP) is 8.85. The number of para-hydroxylation sites is 1. The monoisotopic (exact) mass is 563 g/mol. The van der Waals surface area contributed by atoms with Crippen LogP contribution in [0.25, 0.3) is 44.3 Å². The molecule has 2 aliphatic carbocycles. The molecule has 1 atom stereocenters. The average molecular weight is 565 g/mol. The van der Waals surface area contributed by atoms with Crippen LogP contribution in [-0.4, -0.2) is 4.98 Å². The zero-order valence-electron chi connectivity index (χ0n) is 17.8. The van der Waals surface area contributed by atoms with Gasteiger partial charge in [0.15, 0.2) is 0 Å². The van der Waals surface area contributed by atoms with E-state index in [2.05, 4.69) is 105 Å². The van der Waals surface area contributed by atoms with Gasteiger partial charge < -0.3 is 4.42 Å². The minimum Gasteiger partial charge on any atom is -0.455 e. The van der Waals surface area contributed by atoms with E-state index in [1.165, 1.54) is 38.9 Å². The van der Waals surface area contributed by atoms with E-state index in [-0.39, 0.29) is 0 Å². The molecule has 0 fully saturated rings. The summed E-state index contributed by atoms with van der Waals surface area (Å²) in [5.41, 5.74) is 11.0. The average Bonchev–Trinajstić information content (AvgIpc) is 3.48. The normalized spacial score (nSPS) is 17.2. The van der Waals surface area contributed by atoms with Crippen molar-refractivity contribution in [2.24, 2.45) is 0 Å². The van der Waals surface area contributed by atoms with E-state index in [1.807, 2.05) is 18.3 Å². The number of halogens is 2. The van der Waals surface area contributed by atoms with Gasteiger partial charge in [0.25, 0.3) is 0 Å². The Labute approximate surface area is 212 Å². The lowest BCUT2D eigenvalue weighted by Crippen LogP contribution is -2.26. The minimum atomic E-state index is -0.454. The van der Waals surface area contributed by atoms with Gasteiger partial charge in [-0.3, -0.25) is 4.98 Å². The van der Waals surface area contributed by atoms with Gasteiger partial charge in [0.05, 0.1) is 11.1 Å². The van der Waals surface area contributed by atoms with Gasteiger partial charge in [-0.2, -0.15) is 0 Å². The van der Waals surface area contributed by atoms with Crippen LogP contribution in [0.2, 0.25) is 0 Å². The van der Waals surface area contributed by atoms with Gasteiger partial charge in [0.2, 0.25) is 0 Å². The Kier molecular flexibility index (Phi) is 3.64. The number of hydrogen-bond donors (Lipinski definition) is 0. The fourth-order valence-electron chi connectivity index (χ4n) is 6.27. The lowest BCUT2D eigenvalue weighted by Gasteiger charge is -2.30. The Bertz CT molecular complexity index is 1800. The van der Waals surface area contributed by atoms with E-state index in [4.69, 9.17) is 9.40 Å². The maximum Gasteiger partial charge on any atom is 0.144 e. The SMILES string of the molecule is Brc1ccc2c(c1)C1(c3ccccc3-c3ncccc31)c1cc(Br)c3c(oc4ccccc43)c1-2. The van der Waals surface area contributed by atoms with Crippen molar-refractivity contribution in [1.29, 1.82) is 0 Å². The summed E-state index contributed by atoms with van der Waals surface area (Å²) in [6.07, 6.45) is 1.89. The second-order valence-electron chi connectivity index (χ2n) is 8.97. The van der Waals surface area contributed by atoms with Crippen molar-refractivity contribution in [3.63, 3.8) is 0 Å². The molecular weight excluding hydrogens is 550 g/mol. The van der Waals surface area contributed by atoms with Crippen molar-refractivity contribution in [3.8, 4) is 22.4 Å². The molecule has 0 radical (unpaired) electrons. The molecule has 1 spiro atoms. The molecule has 2 heterocycles. The smallest absolute Gasteiger partial charge is 0.144 e. The molecule has 8 rings (SSSR count). The summed E-state index contributed by atoms with van der Waals surface area (Å²) in [5.74, 6) is 0. The van der Waals surface area contributed by atoms with Crippen molar-refractivity contribution in [2.45, 2.75) is 5.41 Å². The standard InChI is InChI=1S/C30H15Br2NO/c31-16-11-12-17-22(14-16)30(20-8-3-1-6-18(20)28-21(30)9-5-13-33-28)23-15-24(32)27-19-7-2-4-10-25(19)34-29(27)26(17)23/h1-15H. The zero-order valence-corrected chi connectivity index (χ0v) is 20.9. The molecule has 0 saturated carbocycles. The molecule has 0 amide bonds. The van der Waals surface area contributed by atoms with Gasteiger partial charge in [-0.25, -0.2) is 0 Å². The van der Waals surface area contributed by atoms with Gasteiger partial charge in [-0.15, -0.1) is 0 Å². The Hall–Kier alpha value is -3.21. The molecule has 2 aliphatic rings. The third-order valence-corrected chi connectivity index (χ3v) is 8.58. The Balaban J connectivity index is 1.65. The van der Waals surface area contributed by atoms with Gasteiger partial charge in [0.1, 0.15) is 11.2 Å². The molecule has 160 valence electrons. The third-order valence-electron chi connectivity index (χ3n) is 7.46. The Morgan fingerprint density at radius 3 is 2.47 bits per heavy atom. The van der Waals surface area contributed by atoms with Crippen molar-refractivity contribution in [1.82, 2.24) is 4.98 Å². The number of fused-ring (bicyclic) bond motifs is 14. The number of pyridine rings is 1. The van der Waals surface area contributed by atoms with Crippen LogP contribution in [0.3, 0.4) is 0 Å². The molecule has 1 unspecified atom stereocenters. The lowest BCUT2D eigenvalue weighted by molar-refractivity contribution is 0.669. The second-order valence-corrected chi connectivity index (χ2v) is 10.7. The minimum absolute atomic E-state index is 0.454. The van der Waals surface area contributed by atoms with Crippen LogP contribution in [0, 0.1) is 0 Å². The highest BCUT2D eigenvalue weighted by Gasteiger charge is 2.53. The van der Waals surface area contributed by atoms with Gasteiger partial charge in [0, 0.05) is 37.0 Å². The van der Waals surface area contributed by atoms with E-state index < -0.39 is 5.41 Å². The Morgan fingerprint density at radius 2 is 1.53 bits per heavy atom. The van der Waals surface area contributed by atoms with Crippen LogP contribution in [0.1, 0.15) is 22.3 Å². The number of benzene rings is 4. The van der Waals surface area contributed by atoms with Gasteiger partial charge in [-0.05, 0) is 58.1 Å². The van der Waals surface area contributed by atoms with Crippen LogP contribution in [0.4, 0.5) is 0 Å². The van der Waals surface area contributed by atoms with Crippen LogP contribution in [0.15, 0.2) is 104 Å². The number of furan rings is 1. The molecule has 34 heavy (non-hydrogen) atoms. The van der Waals surface area contributed by atoms with Crippen molar-refractivity contribution < 1.29 is 4.42 Å². The topological polar surface area (TPSA) is 26.0 Å². The first-order chi connectivity index (χ1) is 16.7. The lowest BCUT2D eigenvalue weighted by atomic mass is 9.71. The number of rotatable bonds is 0. The van der Waals surface area contributed by atoms with Crippen LogP contribution >= 0.6 is 31.9 Å². The fraction of sp³-hybridized carbons (Fsp3) is 0.0333. The molecule has 4 aromatic carbocycles. The molecule has 4 heteroatoms. The van der Waals surface area contributed by atoms with E-state index in [0.717, 1.165) is 36.6 Å². The maximum atomic E-state index is 6.58. The summed E-state index contributed by atoms with van der Waals surface area (Å²) >= 11 is 7.70. The molecule has 2 aromatic heterocycles. The highest BCUT2D eigenvalue weighted by Crippen LogP contribution is 2.64. The first-order valence-electron chi connectivity index (χ1n) is 11.2. The van der Waals surface area contributed by atoms with E-state index in [1.54, 1.807) is 0 Å². The van der Waals surface area contributed by atoms with Crippen molar-refractivity contribution in [2.75, 3.05) is 0 Å². The molecular formula is C30H15Br2NO. The van der Waals surface area contributed by atoms with Crippen LogP contribution in [0.5, 0.6) is 0 Å². The van der Waals surface area contributed by atoms with Crippen LogP contribution in [-0.2, 0) is 5.41 Å². The summed E-state index contributed by atoms with van der Waals surface area (Å²) in [5, 5.41) is 2.25. The predicted molar refractivity (Wildman–Crippen MR) is 143 cm³/mol. The first-order valence-corrected chi connectivity index (χ1v) is 12.8. The van der Waals surface area contributed by atoms with Crippen molar-refractivity contribution >= 4 is 53.8 Å². The maximum absolute atomic E-state index is 6.58. The van der Waals surface area contributed by atoms with Gasteiger partial charge in [-0.1, -0.05) is 86.5 Å². The summed E-state index contributed by atoms with van der Waals surface area (Å²) in [7, 11) is 0. The highest BCUT2D eigenvalue weighted by molar-refractivity contribution is 9.11. The summed E-state index contributed by atoms with van der Waals surface area (Å²) in [6, 6.07) is 30.2. The van der Waals surface area contributed by atoms with E-state index >= 15 is 0 Å². The summed E-state index contributed by atoms with van der Waals surface area (Å²) in [4.78, 5) is 4.86. The zero-order chi connectivity index (χ0) is 22.6. The molecule has 0 aliphatic heterocycles. The molecule has 0 saturated heterocycles. The van der Waals surface area contributed by atoms with E-state index in [0.29, 0.717) is 0 Å². The largest absolute Gasteiger partial charge is 0.455 e. The number of aromatic nitrogens is 1. The van der Waals surface area contributed by atoms with E-state index in [9.17, 15) is 0 Å². The van der Waals surface area contributed by atoms with Gasteiger partial charge >= 0.3 is 0 Å². The number of nitrogens with zero attached hydrogens (tertiary/aromatic N) is 1. The van der Waals surface area contributed by atoms with Crippen LogP contribution < -0.4 is 0 Å². The van der Waals surface area contributed by atoms with Crippen molar-refractivity contribution in [3.05, 3.63) is 122 Å². The second kappa shape index (κ2) is 6.47. The molecule has 2 nitrogen and oxygen atoms in total. The summed E-state index contributed by atoms with van der Waals surface area (Å²) < 4.78 is 8.70. The molecule has 0 bridgehead atoms. The molecule has 6 aromatic rings. The first kappa shape index (κ1) is 19.1. The molecule has 0 N–H and O–H groups in total. The highest BCUT2D eigenvalue weighted by atomic mass is 79.9.